The number of nitrogens with two attached hydrogens (primary N) is 1. The van der Waals surface area contributed by atoms with Crippen LogP contribution < -0.4 is 21.1 Å². The van der Waals surface area contributed by atoms with E-state index in [9.17, 15) is 9.59 Å². The Labute approximate surface area is 234 Å². The molecule has 0 aliphatic rings. The summed E-state index contributed by atoms with van der Waals surface area (Å²) < 4.78 is 8.41. The molecule has 5 N–H and O–H groups in total. The number of anilines is 2. The number of benzene rings is 2. The summed E-state index contributed by atoms with van der Waals surface area (Å²) in [5.41, 5.74) is 10.8. The standard InChI is InChI=1S/C30H29N5O4S/c1-35-23-7-4-3-6-19(23)14-24(35)30(38)34-22-10-8-18(15-25(22)39-2)21-17-40-28-20(16-33-29(31)27(21)28)9-11-26(37)32-12-5-13-36/h3-4,6-11,14-17,36H,5,12-13H2,1-2H3,(H2,31,33)(H,32,37)(H,34,38). The number of fused-ring (bicyclic) bond motifs is 2. The number of hydrogen-bond acceptors (Lipinski definition) is 7. The zero-order valence-electron chi connectivity index (χ0n) is 22.1. The molecule has 0 unspecified atom stereocenters. The summed E-state index contributed by atoms with van der Waals surface area (Å²) in [5, 5.41) is 18.3. The Morgan fingerprint density at radius 1 is 1.20 bits per heavy atom. The fraction of sp³-hybridized carbons (Fsp3) is 0.167. The number of aryl methyl sites for hydroxylation is 1. The highest BCUT2D eigenvalue weighted by molar-refractivity contribution is 7.18. The van der Waals surface area contributed by atoms with E-state index in [-0.39, 0.29) is 18.4 Å². The van der Waals surface area contributed by atoms with Gasteiger partial charge in [-0.2, -0.15) is 0 Å². The maximum absolute atomic E-state index is 13.2. The van der Waals surface area contributed by atoms with Crippen molar-refractivity contribution in [2.75, 3.05) is 31.3 Å². The lowest BCUT2D eigenvalue weighted by atomic mass is 10.0. The SMILES string of the molecule is COc1cc(-c2csc3c(C=CC(=O)NCCCO)cnc(N)c23)ccc1NC(=O)c1cc2ccccc2n1C. The number of rotatable bonds is 9. The second-order valence-electron chi connectivity index (χ2n) is 9.17. The molecule has 10 heteroatoms. The minimum Gasteiger partial charge on any atom is -0.495 e. The number of carbonyl (C=O) groups excluding carboxylic acids is 2. The second kappa shape index (κ2) is 11.6. The molecule has 3 heterocycles. The van der Waals surface area contributed by atoms with E-state index in [1.165, 1.54) is 17.4 Å². The molecule has 2 aromatic carbocycles. The normalized spacial score (nSPS) is 11.4. The highest BCUT2D eigenvalue weighted by Gasteiger charge is 2.18. The topological polar surface area (TPSA) is 132 Å². The molecule has 40 heavy (non-hydrogen) atoms. The van der Waals surface area contributed by atoms with Crippen LogP contribution in [0.2, 0.25) is 0 Å². The van der Waals surface area contributed by atoms with Gasteiger partial charge in [-0.15, -0.1) is 11.3 Å². The number of carbonyl (C=O) groups is 2. The van der Waals surface area contributed by atoms with Crippen molar-refractivity contribution in [2.24, 2.45) is 7.05 Å². The number of aromatic nitrogens is 2. The summed E-state index contributed by atoms with van der Waals surface area (Å²) in [6, 6.07) is 15.3. The molecule has 0 atom stereocenters. The van der Waals surface area contributed by atoms with Gasteiger partial charge in [-0.05, 0) is 47.7 Å². The van der Waals surface area contributed by atoms with Gasteiger partial charge in [0.15, 0.2) is 0 Å². The fourth-order valence-electron chi connectivity index (χ4n) is 4.59. The molecule has 0 saturated carbocycles. The molecule has 9 nitrogen and oxygen atoms in total. The third-order valence-corrected chi connectivity index (χ3v) is 7.67. The van der Waals surface area contributed by atoms with E-state index in [4.69, 9.17) is 15.6 Å². The van der Waals surface area contributed by atoms with Gasteiger partial charge < -0.3 is 30.8 Å². The van der Waals surface area contributed by atoms with E-state index in [1.807, 2.05) is 65.5 Å². The van der Waals surface area contributed by atoms with Crippen molar-refractivity contribution < 1.29 is 19.4 Å². The number of methoxy groups -OCH3 is 1. The lowest BCUT2D eigenvalue weighted by molar-refractivity contribution is -0.116. The largest absolute Gasteiger partial charge is 0.495 e. The maximum Gasteiger partial charge on any atom is 0.272 e. The molecule has 0 saturated heterocycles. The van der Waals surface area contributed by atoms with E-state index in [0.29, 0.717) is 35.9 Å². The van der Waals surface area contributed by atoms with Gasteiger partial charge in [0.2, 0.25) is 5.91 Å². The van der Waals surface area contributed by atoms with E-state index in [2.05, 4.69) is 15.6 Å². The minimum absolute atomic E-state index is 0.0207. The fourth-order valence-corrected chi connectivity index (χ4v) is 5.67. The van der Waals surface area contributed by atoms with Gasteiger partial charge >= 0.3 is 0 Å². The second-order valence-corrected chi connectivity index (χ2v) is 10.1. The average molecular weight is 556 g/mol. The molecule has 0 spiro atoms. The van der Waals surface area contributed by atoms with Crippen LogP contribution in [0.5, 0.6) is 5.75 Å². The van der Waals surface area contributed by atoms with Crippen LogP contribution in [-0.4, -0.2) is 46.7 Å². The first-order valence-corrected chi connectivity index (χ1v) is 13.6. The maximum atomic E-state index is 13.2. The number of aliphatic hydroxyl groups excluding tert-OH is 1. The number of nitrogens with zero attached hydrogens (tertiary/aromatic N) is 2. The summed E-state index contributed by atoms with van der Waals surface area (Å²) in [4.78, 5) is 29.6. The Morgan fingerprint density at radius 2 is 2.02 bits per heavy atom. The third kappa shape index (κ3) is 5.27. The average Bonchev–Trinajstić information content (AvgIpc) is 3.56. The first-order valence-electron chi connectivity index (χ1n) is 12.7. The Balaban J connectivity index is 1.43. The number of nitrogen functional groups attached to an aromatic ring is 1. The molecule has 0 radical (unpaired) electrons. The van der Waals surface area contributed by atoms with E-state index >= 15 is 0 Å². The van der Waals surface area contributed by atoms with Crippen molar-refractivity contribution in [3.8, 4) is 16.9 Å². The summed E-state index contributed by atoms with van der Waals surface area (Å²) in [6.07, 6.45) is 5.29. The Morgan fingerprint density at radius 3 is 2.80 bits per heavy atom. The number of pyridine rings is 1. The number of nitrogens with one attached hydrogen (secondary N) is 2. The van der Waals surface area contributed by atoms with Gasteiger partial charge in [0, 0.05) is 64.6 Å². The van der Waals surface area contributed by atoms with Crippen molar-refractivity contribution in [1.82, 2.24) is 14.9 Å². The van der Waals surface area contributed by atoms with Crippen molar-refractivity contribution in [3.05, 3.63) is 77.4 Å². The number of thiophene rings is 1. The molecular weight excluding hydrogens is 526 g/mol. The van der Waals surface area contributed by atoms with E-state index < -0.39 is 0 Å². The zero-order chi connectivity index (χ0) is 28.2. The van der Waals surface area contributed by atoms with Gasteiger partial charge in [-0.3, -0.25) is 9.59 Å². The van der Waals surface area contributed by atoms with Crippen LogP contribution in [0, 0.1) is 0 Å². The Bertz CT molecular complexity index is 1750. The number of aliphatic hydroxyl groups is 1. The van der Waals surface area contributed by atoms with Crippen molar-refractivity contribution in [2.45, 2.75) is 6.42 Å². The number of para-hydroxylation sites is 1. The van der Waals surface area contributed by atoms with Crippen molar-refractivity contribution in [3.63, 3.8) is 0 Å². The highest BCUT2D eigenvalue weighted by Crippen LogP contribution is 2.41. The summed E-state index contributed by atoms with van der Waals surface area (Å²) in [5.74, 6) is 0.394. The van der Waals surface area contributed by atoms with Gasteiger partial charge in [0.05, 0.1) is 12.8 Å². The van der Waals surface area contributed by atoms with Gasteiger partial charge in [0.1, 0.15) is 17.3 Å². The van der Waals surface area contributed by atoms with Crippen LogP contribution in [0.15, 0.2) is 66.2 Å². The van der Waals surface area contributed by atoms with Crippen LogP contribution in [0.4, 0.5) is 11.5 Å². The van der Waals surface area contributed by atoms with Crippen LogP contribution in [0.1, 0.15) is 22.5 Å². The van der Waals surface area contributed by atoms with Crippen LogP contribution in [0.25, 0.3) is 38.2 Å². The molecule has 0 aliphatic heterocycles. The smallest absolute Gasteiger partial charge is 0.272 e. The lowest BCUT2D eigenvalue weighted by Crippen LogP contribution is -2.22. The Hall–Kier alpha value is -4.67. The van der Waals surface area contributed by atoms with Crippen LogP contribution in [-0.2, 0) is 11.8 Å². The molecule has 3 aromatic heterocycles. The van der Waals surface area contributed by atoms with Gasteiger partial charge in [-0.25, -0.2) is 4.98 Å². The molecule has 0 fully saturated rings. The van der Waals surface area contributed by atoms with E-state index in [1.54, 1.807) is 19.4 Å². The summed E-state index contributed by atoms with van der Waals surface area (Å²) in [7, 11) is 3.42. The Kier molecular flexibility index (Phi) is 7.81. The molecule has 2 amide bonds. The van der Waals surface area contributed by atoms with Crippen molar-refractivity contribution >= 4 is 61.7 Å². The summed E-state index contributed by atoms with van der Waals surface area (Å²) >= 11 is 1.50. The zero-order valence-corrected chi connectivity index (χ0v) is 22.9. The molecule has 0 bridgehead atoms. The number of hydrogen-bond donors (Lipinski definition) is 4. The molecule has 5 aromatic rings. The van der Waals surface area contributed by atoms with Gasteiger partial charge in [-0.1, -0.05) is 24.3 Å². The van der Waals surface area contributed by atoms with Crippen molar-refractivity contribution in [1.29, 1.82) is 0 Å². The first-order chi connectivity index (χ1) is 19.4. The number of ether oxygens (including phenoxy) is 1. The molecule has 0 aliphatic carbocycles. The van der Waals surface area contributed by atoms with Crippen LogP contribution in [0.3, 0.4) is 0 Å². The lowest BCUT2D eigenvalue weighted by Gasteiger charge is -2.13. The van der Waals surface area contributed by atoms with E-state index in [0.717, 1.165) is 37.7 Å². The summed E-state index contributed by atoms with van der Waals surface area (Å²) in [6.45, 7) is 0.422. The predicted molar refractivity (Wildman–Crippen MR) is 161 cm³/mol. The van der Waals surface area contributed by atoms with Gasteiger partial charge in [0.25, 0.3) is 5.91 Å². The molecule has 204 valence electrons. The molecule has 5 rings (SSSR count). The third-order valence-electron chi connectivity index (χ3n) is 6.65. The molecular formula is C30H29N5O4S. The minimum atomic E-state index is -0.249. The highest BCUT2D eigenvalue weighted by atomic mass is 32.1. The monoisotopic (exact) mass is 555 g/mol. The predicted octanol–water partition coefficient (Wildman–Crippen LogP) is 4.81. The first kappa shape index (κ1) is 26.9. The van der Waals surface area contributed by atoms with Crippen LogP contribution >= 0.6 is 11.3 Å². The quantitative estimate of drug-likeness (QED) is 0.153. The number of amides is 2.